The van der Waals surface area contributed by atoms with E-state index >= 15 is 0 Å². The van der Waals surface area contributed by atoms with Crippen molar-refractivity contribution in [1.29, 1.82) is 0 Å². The Kier molecular flexibility index (Phi) is 6.57. The van der Waals surface area contributed by atoms with Crippen LogP contribution in [0.1, 0.15) is 26.1 Å². The fraction of sp³-hybridized carbons (Fsp3) is 0.750. The van der Waals surface area contributed by atoms with Gasteiger partial charge in [-0.15, -0.1) is 0 Å². The molecule has 1 N–H and O–H groups in total. The Hall–Kier alpha value is -0.480. The summed E-state index contributed by atoms with van der Waals surface area (Å²) in [7, 11) is 0. The highest BCUT2D eigenvalue weighted by atomic mass is 32.2. The molecule has 1 heterocycles. The van der Waals surface area contributed by atoms with Crippen LogP contribution < -0.4 is 5.32 Å². The highest BCUT2D eigenvalue weighted by Gasteiger charge is 2.03. The fourth-order valence-electron chi connectivity index (χ4n) is 1.73. The van der Waals surface area contributed by atoms with Crippen LogP contribution in [0.15, 0.2) is 12.4 Å². The molecule has 0 aromatic carbocycles. The molecule has 1 aromatic rings. The van der Waals surface area contributed by atoms with E-state index in [1.54, 1.807) is 0 Å². The summed E-state index contributed by atoms with van der Waals surface area (Å²) in [5, 5.41) is 3.47. The summed E-state index contributed by atoms with van der Waals surface area (Å²) in [6, 6.07) is 0. The zero-order valence-corrected chi connectivity index (χ0v) is 11.4. The van der Waals surface area contributed by atoms with Crippen LogP contribution in [0.2, 0.25) is 0 Å². The highest BCUT2D eigenvalue weighted by Crippen LogP contribution is 2.04. The van der Waals surface area contributed by atoms with Gasteiger partial charge in [-0.1, -0.05) is 13.8 Å². The normalized spacial score (nSPS) is 12.9. The molecule has 92 valence electrons. The standard InChI is InChI=1S/C12H23N3S/c1-4-6-15-7-5-14-12(15)9-13-8-11(2)10-16-3/h5,7,11,13H,4,6,8-10H2,1-3H3. The summed E-state index contributed by atoms with van der Waals surface area (Å²) in [5.41, 5.74) is 0. The predicted octanol–water partition coefficient (Wildman–Crippen LogP) is 2.38. The van der Waals surface area contributed by atoms with Gasteiger partial charge in [-0.3, -0.25) is 0 Å². The Bertz CT molecular complexity index is 286. The van der Waals surface area contributed by atoms with Crippen molar-refractivity contribution in [2.24, 2.45) is 5.92 Å². The second-order valence-corrected chi connectivity index (χ2v) is 5.14. The molecule has 0 aliphatic heterocycles. The second-order valence-electron chi connectivity index (χ2n) is 4.23. The average molecular weight is 241 g/mol. The first kappa shape index (κ1) is 13.6. The van der Waals surface area contributed by atoms with Crippen LogP contribution in [-0.4, -0.2) is 28.1 Å². The summed E-state index contributed by atoms with van der Waals surface area (Å²) < 4.78 is 2.23. The number of hydrogen-bond donors (Lipinski definition) is 1. The molecule has 4 heteroatoms. The van der Waals surface area contributed by atoms with Crippen molar-refractivity contribution in [3.8, 4) is 0 Å². The number of thioether (sulfide) groups is 1. The number of imidazole rings is 1. The van der Waals surface area contributed by atoms with Crippen molar-refractivity contribution < 1.29 is 0 Å². The van der Waals surface area contributed by atoms with Crippen LogP contribution in [-0.2, 0) is 13.1 Å². The molecule has 0 amide bonds. The van der Waals surface area contributed by atoms with Gasteiger partial charge in [-0.25, -0.2) is 4.98 Å². The second kappa shape index (κ2) is 7.74. The van der Waals surface area contributed by atoms with Gasteiger partial charge in [0.25, 0.3) is 0 Å². The number of rotatable bonds is 8. The number of aryl methyl sites for hydroxylation is 1. The van der Waals surface area contributed by atoms with E-state index in [0.29, 0.717) is 0 Å². The first-order valence-corrected chi connectivity index (χ1v) is 7.37. The van der Waals surface area contributed by atoms with Gasteiger partial charge in [0.2, 0.25) is 0 Å². The number of hydrogen-bond acceptors (Lipinski definition) is 3. The lowest BCUT2D eigenvalue weighted by Gasteiger charge is -2.11. The monoisotopic (exact) mass is 241 g/mol. The smallest absolute Gasteiger partial charge is 0.122 e. The molecule has 0 saturated carbocycles. The topological polar surface area (TPSA) is 29.9 Å². The van der Waals surface area contributed by atoms with Crippen molar-refractivity contribution >= 4 is 11.8 Å². The summed E-state index contributed by atoms with van der Waals surface area (Å²) in [6.45, 7) is 7.49. The third kappa shape index (κ3) is 4.58. The SMILES string of the molecule is CCCn1ccnc1CNCC(C)CSC. The maximum Gasteiger partial charge on any atom is 0.122 e. The Balaban J connectivity index is 2.28. The van der Waals surface area contributed by atoms with E-state index in [0.717, 1.165) is 37.8 Å². The molecule has 0 saturated heterocycles. The van der Waals surface area contributed by atoms with Gasteiger partial charge in [0.05, 0.1) is 6.54 Å². The van der Waals surface area contributed by atoms with E-state index in [9.17, 15) is 0 Å². The summed E-state index contributed by atoms with van der Waals surface area (Å²) in [4.78, 5) is 4.37. The van der Waals surface area contributed by atoms with Crippen molar-refractivity contribution in [2.45, 2.75) is 33.4 Å². The lowest BCUT2D eigenvalue weighted by molar-refractivity contribution is 0.530. The van der Waals surface area contributed by atoms with Crippen LogP contribution in [0.25, 0.3) is 0 Å². The van der Waals surface area contributed by atoms with E-state index in [1.165, 1.54) is 5.75 Å². The average Bonchev–Trinajstić information content (AvgIpc) is 2.67. The molecular formula is C12H23N3S. The molecule has 3 nitrogen and oxygen atoms in total. The number of nitrogens with one attached hydrogen (secondary N) is 1. The van der Waals surface area contributed by atoms with Crippen LogP contribution in [0, 0.1) is 5.92 Å². The Morgan fingerprint density at radius 2 is 2.38 bits per heavy atom. The van der Waals surface area contributed by atoms with Crippen molar-refractivity contribution in [3.63, 3.8) is 0 Å². The third-order valence-corrected chi connectivity index (χ3v) is 3.40. The molecule has 16 heavy (non-hydrogen) atoms. The van der Waals surface area contributed by atoms with Gasteiger partial charge < -0.3 is 9.88 Å². The molecule has 1 rings (SSSR count). The molecule has 1 unspecified atom stereocenters. The third-order valence-electron chi connectivity index (χ3n) is 2.49. The van der Waals surface area contributed by atoms with E-state index in [1.807, 2.05) is 18.0 Å². The molecule has 0 bridgehead atoms. The van der Waals surface area contributed by atoms with Crippen LogP contribution in [0.5, 0.6) is 0 Å². The molecule has 0 aliphatic rings. The van der Waals surface area contributed by atoms with Gasteiger partial charge >= 0.3 is 0 Å². The predicted molar refractivity (Wildman–Crippen MR) is 71.8 cm³/mol. The Labute approximate surface area is 103 Å². The minimum absolute atomic E-state index is 0.726. The number of aromatic nitrogens is 2. The van der Waals surface area contributed by atoms with Gasteiger partial charge in [-0.2, -0.15) is 11.8 Å². The van der Waals surface area contributed by atoms with Crippen LogP contribution >= 0.6 is 11.8 Å². The Morgan fingerprint density at radius 3 is 3.06 bits per heavy atom. The van der Waals surface area contributed by atoms with Crippen molar-refractivity contribution in [2.75, 3.05) is 18.6 Å². The number of nitrogens with zero attached hydrogens (tertiary/aromatic N) is 2. The van der Waals surface area contributed by atoms with E-state index < -0.39 is 0 Å². The zero-order valence-electron chi connectivity index (χ0n) is 10.6. The summed E-state index contributed by atoms with van der Waals surface area (Å²) in [5.74, 6) is 3.10. The molecule has 1 atom stereocenters. The minimum atomic E-state index is 0.726. The first-order valence-electron chi connectivity index (χ1n) is 5.97. The summed E-state index contributed by atoms with van der Waals surface area (Å²) in [6.07, 6.45) is 7.26. The minimum Gasteiger partial charge on any atom is -0.334 e. The lowest BCUT2D eigenvalue weighted by Crippen LogP contribution is -2.23. The largest absolute Gasteiger partial charge is 0.334 e. The molecule has 0 fully saturated rings. The van der Waals surface area contributed by atoms with Gasteiger partial charge in [0.1, 0.15) is 5.82 Å². The van der Waals surface area contributed by atoms with E-state index in [2.05, 4.69) is 41.2 Å². The maximum absolute atomic E-state index is 4.37. The van der Waals surface area contributed by atoms with Crippen molar-refractivity contribution in [3.05, 3.63) is 18.2 Å². The lowest BCUT2D eigenvalue weighted by atomic mass is 10.2. The quantitative estimate of drug-likeness (QED) is 0.758. The zero-order chi connectivity index (χ0) is 11.8. The molecular weight excluding hydrogens is 218 g/mol. The highest BCUT2D eigenvalue weighted by molar-refractivity contribution is 7.98. The van der Waals surface area contributed by atoms with Crippen LogP contribution in [0.3, 0.4) is 0 Å². The van der Waals surface area contributed by atoms with Crippen molar-refractivity contribution in [1.82, 2.24) is 14.9 Å². The van der Waals surface area contributed by atoms with Crippen LogP contribution in [0.4, 0.5) is 0 Å². The van der Waals surface area contributed by atoms with E-state index in [-0.39, 0.29) is 0 Å². The first-order chi connectivity index (χ1) is 7.77. The van der Waals surface area contributed by atoms with Gasteiger partial charge in [0, 0.05) is 18.9 Å². The molecule has 1 aromatic heterocycles. The van der Waals surface area contributed by atoms with Gasteiger partial charge in [0.15, 0.2) is 0 Å². The molecule has 0 aliphatic carbocycles. The summed E-state index contributed by atoms with van der Waals surface area (Å²) >= 11 is 1.91. The Morgan fingerprint density at radius 1 is 1.56 bits per heavy atom. The molecule has 0 spiro atoms. The van der Waals surface area contributed by atoms with Gasteiger partial charge in [-0.05, 0) is 30.9 Å². The molecule has 0 radical (unpaired) electrons. The maximum atomic E-state index is 4.37. The van der Waals surface area contributed by atoms with E-state index in [4.69, 9.17) is 0 Å². The fourth-order valence-corrected chi connectivity index (χ4v) is 2.41.